The molecule has 0 bridgehead atoms. The highest BCUT2D eigenvalue weighted by atomic mass is 16.6. The van der Waals surface area contributed by atoms with Gasteiger partial charge in [0.05, 0.1) is 18.8 Å². The molecular formula is C8H14O2. The third-order valence-electron chi connectivity index (χ3n) is 1.62. The Morgan fingerprint density at radius 2 is 2.40 bits per heavy atom. The lowest BCUT2D eigenvalue weighted by atomic mass is 10.3. The van der Waals surface area contributed by atoms with E-state index in [1.54, 1.807) is 6.08 Å². The molecule has 1 aliphatic rings. The molecule has 0 saturated carbocycles. The Morgan fingerprint density at radius 1 is 1.70 bits per heavy atom. The van der Waals surface area contributed by atoms with Crippen LogP contribution in [0.1, 0.15) is 13.3 Å². The Hall–Kier alpha value is -0.340. The molecule has 1 fully saturated rings. The van der Waals surface area contributed by atoms with E-state index in [-0.39, 0.29) is 0 Å². The van der Waals surface area contributed by atoms with Crippen LogP contribution >= 0.6 is 0 Å². The van der Waals surface area contributed by atoms with E-state index in [9.17, 15) is 0 Å². The molecule has 0 amide bonds. The summed E-state index contributed by atoms with van der Waals surface area (Å²) in [6, 6.07) is 0. The molecule has 2 unspecified atom stereocenters. The van der Waals surface area contributed by atoms with Crippen LogP contribution in [0.15, 0.2) is 12.7 Å². The Labute approximate surface area is 61.8 Å². The van der Waals surface area contributed by atoms with Crippen LogP contribution in [0.25, 0.3) is 0 Å². The van der Waals surface area contributed by atoms with Gasteiger partial charge in [-0.2, -0.15) is 0 Å². The van der Waals surface area contributed by atoms with Crippen LogP contribution in [0.4, 0.5) is 0 Å². The highest BCUT2D eigenvalue weighted by Crippen LogP contribution is 2.23. The number of hydrogen-bond acceptors (Lipinski definition) is 2. The maximum atomic E-state index is 5.19. The van der Waals surface area contributed by atoms with E-state index in [2.05, 4.69) is 13.5 Å². The fourth-order valence-electron chi connectivity index (χ4n) is 0.899. The van der Waals surface area contributed by atoms with Gasteiger partial charge in [-0.25, -0.2) is 0 Å². The molecule has 2 nitrogen and oxygen atoms in total. The SMILES string of the molecule is C=CCOCCC1OC1C. The summed E-state index contributed by atoms with van der Waals surface area (Å²) in [4.78, 5) is 0. The van der Waals surface area contributed by atoms with Crippen molar-refractivity contribution in [3.63, 3.8) is 0 Å². The molecule has 0 aromatic heterocycles. The van der Waals surface area contributed by atoms with Crippen LogP contribution in [0.5, 0.6) is 0 Å². The summed E-state index contributed by atoms with van der Waals surface area (Å²) in [6.07, 6.45) is 3.71. The van der Waals surface area contributed by atoms with Gasteiger partial charge in [-0.3, -0.25) is 0 Å². The van der Waals surface area contributed by atoms with Crippen molar-refractivity contribution < 1.29 is 9.47 Å². The van der Waals surface area contributed by atoms with Crippen molar-refractivity contribution in [1.29, 1.82) is 0 Å². The van der Waals surface area contributed by atoms with E-state index < -0.39 is 0 Å². The fourth-order valence-corrected chi connectivity index (χ4v) is 0.899. The van der Waals surface area contributed by atoms with Crippen molar-refractivity contribution >= 4 is 0 Å². The summed E-state index contributed by atoms with van der Waals surface area (Å²) in [5.74, 6) is 0. The number of rotatable bonds is 5. The van der Waals surface area contributed by atoms with E-state index >= 15 is 0 Å². The molecule has 0 aliphatic carbocycles. The normalized spacial score (nSPS) is 30.1. The van der Waals surface area contributed by atoms with Crippen LogP contribution in [0, 0.1) is 0 Å². The van der Waals surface area contributed by atoms with Gasteiger partial charge < -0.3 is 9.47 Å². The Balaban J connectivity index is 1.82. The Kier molecular flexibility index (Phi) is 2.90. The van der Waals surface area contributed by atoms with Crippen LogP contribution in [-0.2, 0) is 9.47 Å². The maximum Gasteiger partial charge on any atom is 0.0860 e. The average Bonchev–Trinajstić information content (AvgIpc) is 2.60. The average molecular weight is 142 g/mol. The predicted octanol–water partition coefficient (Wildman–Crippen LogP) is 1.37. The second kappa shape index (κ2) is 3.74. The number of ether oxygens (including phenoxy) is 2. The van der Waals surface area contributed by atoms with Gasteiger partial charge in [0, 0.05) is 6.61 Å². The molecule has 0 N–H and O–H groups in total. The third kappa shape index (κ3) is 2.50. The lowest BCUT2D eigenvalue weighted by Crippen LogP contribution is -1.99. The topological polar surface area (TPSA) is 21.8 Å². The molecule has 0 aromatic carbocycles. The smallest absolute Gasteiger partial charge is 0.0860 e. The molecule has 0 spiro atoms. The summed E-state index contributed by atoms with van der Waals surface area (Å²) < 4.78 is 10.4. The molecule has 10 heavy (non-hydrogen) atoms. The summed E-state index contributed by atoms with van der Waals surface area (Å²) in [7, 11) is 0. The van der Waals surface area contributed by atoms with Gasteiger partial charge in [-0.15, -0.1) is 6.58 Å². The predicted molar refractivity (Wildman–Crippen MR) is 40.0 cm³/mol. The summed E-state index contributed by atoms with van der Waals surface area (Å²) in [5.41, 5.74) is 0. The molecule has 1 rings (SSSR count). The van der Waals surface area contributed by atoms with Gasteiger partial charge in [0.25, 0.3) is 0 Å². The highest BCUT2D eigenvalue weighted by Gasteiger charge is 2.33. The molecule has 58 valence electrons. The third-order valence-corrected chi connectivity index (χ3v) is 1.62. The van der Waals surface area contributed by atoms with Gasteiger partial charge in [-0.05, 0) is 13.3 Å². The van der Waals surface area contributed by atoms with E-state index in [0.717, 1.165) is 13.0 Å². The first-order chi connectivity index (χ1) is 4.84. The minimum Gasteiger partial charge on any atom is -0.377 e. The van der Waals surface area contributed by atoms with E-state index in [1.165, 1.54) is 0 Å². The van der Waals surface area contributed by atoms with Crippen molar-refractivity contribution in [3.8, 4) is 0 Å². The molecule has 0 aromatic rings. The van der Waals surface area contributed by atoms with Crippen LogP contribution in [-0.4, -0.2) is 25.4 Å². The Morgan fingerprint density at radius 3 is 2.90 bits per heavy atom. The molecule has 1 aliphatic heterocycles. The van der Waals surface area contributed by atoms with Crippen LogP contribution < -0.4 is 0 Å². The van der Waals surface area contributed by atoms with Gasteiger partial charge in [0.15, 0.2) is 0 Å². The van der Waals surface area contributed by atoms with Crippen LogP contribution in [0.2, 0.25) is 0 Å². The summed E-state index contributed by atoms with van der Waals surface area (Å²) in [5, 5.41) is 0. The number of hydrogen-bond donors (Lipinski definition) is 0. The fraction of sp³-hybridized carbons (Fsp3) is 0.750. The first kappa shape index (κ1) is 7.76. The second-order valence-corrected chi connectivity index (χ2v) is 2.53. The largest absolute Gasteiger partial charge is 0.377 e. The minimum atomic E-state index is 0.463. The lowest BCUT2D eigenvalue weighted by Gasteiger charge is -1.96. The van der Waals surface area contributed by atoms with Gasteiger partial charge in [-0.1, -0.05) is 6.08 Å². The Bertz CT molecular complexity index is 112. The zero-order valence-electron chi connectivity index (χ0n) is 6.38. The molecule has 0 radical (unpaired) electrons. The van der Waals surface area contributed by atoms with Crippen molar-refractivity contribution in [2.24, 2.45) is 0 Å². The van der Waals surface area contributed by atoms with Gasteiger partial charge in [0.2, 0.25) is 0 Å². The zero-order valence-corrected chi connectivity index (χ0v) is 6.38. The van der Waals surface area contributed by atoms with Crippen molar-refractivity contribution in [2.45, 2.75) is 25.6 Å². The standard InChI is InChI=1S/C8H14O2/c1-3-5-9-6-4-8-7(2)10-8/h3,7-8H,1,4-6H2,2H3. The lowest BCUT2D eigenvalue weighted by molar-refractivity contribution is 0.152. The molecule has 2 heteroatoms. The van der Waals surface area contributed by atoms with Crippen LogP contribution in [0.3, 0.4) is 0 Å². The van der Waals surface area contributed by atoms with E-state index in [0.29, 0.717) is 18.8 Å². The van der Waals surface area contributed by atoms with Crippen molar-refractivity contribution in [2.75, 3.05) is 13.2 Å². The quantitative estimate of drug-likeness (QED) is 0.328. The van der Waals surface area contributed by atoms with Crippen molar-refractivity contribution in [1.82, 2.24) is 0 Å². The highest BCUT2D eigenvalue weighted by molar-refractivity contribution is 4.79. The van der Waals surface area contributed by atoms with E-state index in [1.807, 2.05) is 0 Å². The number of epoxide rings is 1. The zero-order chi connectivity index (χ0) is 7.40. The van der Waals surface area contributed by atoms with Gasteiger partial charge in [0.1, 0.15) is 0 Å². The first-order valence-electron chi connectivity index (χ1n) is 3.68. The van der Waals surface area contributed by atoms with E-state index in [4.69, 9.17) is 9.47 Å². The molecule has 2 atom stereocenters. The summed E-state index contributed by atoms with van der Waals surface area (Å²) >= 11 is 0. The minimum absolute atomic E-state index is 0.463. The second-order valence-electron chi connectivity index (χ2n) is 2.53. The van der Waals surface area contributed by atoms with Gasteiger partial charge >= 0.3 is 0 Å². The first-order valence-corrected chi connectivity index (χ1v) is 3.68. The summed E-state index contributed by atoms with van der Waals surface area (Å²) in [6.45, 7) is 7.08. The monoisotopic (exact) mass is 142 g/mol. The molecule has 1 saturated heterocycles. The maximum absolute atomic E-state index is 5.19. The molecular weight excluding hydrogens is 128 g/mol. The molecule has 1 heterocycles. The van der Waals surface area contributed by atoms with Crippen molar-refractivity contribution in [3.05, 3.63) is 12.7 Å².